The second-order valence-electron chi connectivity index (χ2n) is 7.78. The van der Waals surface area contributed by atoms with Gasteiger partial charge in [0.25, 0.3) is 0 Å². The third kappa shape index (κ3) is 18.3. The van der Waals surface area contributed by atoms with E-state index < -0.39 is 12.1 Å². The fourth-order valence-electron chi connectivity index (χ4n) is 3.25. The van der Waals surface area contributed by atoms with Crippen molar-refractivity contribution >= 4 is 12.1 Å². The molecule has 0 aliphatic rings. The minimum atomic E-state index is -0.640. The van der Waals surface area contributed by atoms with Gasteiger partial charge in [-0.05, 0) is 12.8 Å². The van der Waals surface area contributed by atoms with Gasteiger partial charge in [-0.3, -0.25) is 0 Å². The van der Waals surface area contributed by atoms with Gasteiger partial charge in [-0.15, -0.1) is 0 Å². The van der Waals surface area contributed by atoms with Crippen molar-refractivity contribution in [3.63, 3.8) is 0 Å². The molecule has 5 nitrogen and oxygen atoms in total. The van der Waals surface area contributed by atoms with Gasteiger partial charge < -0.3 is 14.8 Å². The molecule has 170 valence electrons. The molecule has 0 saturated carbocycles. The van der Waals surface area contributed by atoms with Crippen molar-refractivity contribution in [1.29, 1.82) is 0 Å². The van der Waals surface area contributed by atoms with Crippen molar-refractivity contribution in [3.05, 3.63) is 12.7 Å². The summed E-state index contributed by atoms with van der Waals surface area (Å²) < 4.78 is 10.2. The molecule has 0 heterocycles. The van der Waals surface area contributed by atoms with Gasteiger partial charge in [-0.2, -0.15) is 0 Å². The first-order chi connectivity index (χ1) is 14.2. The molecule has 0 spiro atoms. The van der Waals surface area contributed by atoms with Crippen molar-refractivity contribution in [1.82, 2.24) is 5.32 Å². The van der Waals surface area contributed by atoms with E-state index in [1.54, 1.807) is 0 Å². The molecule has 0 aliphatic heterocycles. The summed E-state index contributed by atoms with van der Waals surface area (Å²) in [6.07, 6.45) is 18.9. The Balaban J connectivity index is 3.60. The van der Waals surface area contributed by atoms with Crippen LogP contribution in [0.3, 0.4) is 0 Å². The molecule has 0 bridgehead atoms. The summed E-state index contributed by atoms with van der Waals surface area (Å²) in [4.78, 5) is 23.8. The van der Waals surface area contributed by atoms with Crippen LogP contribution in [0, 0.1) is 0 Å². The summed E-state index contributed by atoms with van der Waals surface area (Å²) in [6.45, 7) is 8.25. The summed E-state index contributed by atoms with van der Waals surface area (Å²) in [5.41, 5.74) is 0. The zero-order valence-electron chi connectivity index (χ0n) is 19.0. The van der Waals surface area contributed by atoms with Crippen LogP contribution in [0.15, 0.2) is 12.7 Å². The van der Waals surface area contributed by atoms with E-state index in [1.807, 2.05) is 6.92 Å². The first-order valence-electron chi connectivity index (χ1n) is 11.9. The smallest absolute Gasteiger partial charge is 0.408 e. The van der Waals surface area contributed by atoms with Crippen molar-refractivity contribution in [3.8, 4) is 0 Å². The highest BCUT2D eigenvalue weighted by Crippen LogP contribution is 2.12. The molecular formula is C24H45NO4. The monoisotopic (exact) mass is 411 g/mol. The molecule has 1 N–H and O–H groups in total. The van der Waals surface area contributed by atoms with Crippen LogP contribution in [0.5, 0.6) is 0 Å². The predicted octanol–water partition coefficient (Wildman–Crippen LogP) is 6.70. The van der Waals surface area contributed by atoms with Gasteiger partial charge in [0.1, 0.15) is 12.6 Å². The highest BCUT2D eigenvalue weighted by atomic mass is 16.6. The summed E-state index contributed by atoms with van der Waals surface area (Å²) >= 11 is 0. The molecule has 0 aliphatic carbocycles. The molecule has 0 radical (unpaired) electrons. The van der Waals surface area contributed by atoms with Crippen LogP contribution in [0.1, 0.15) is 110 Å². The Bertz CT molecular complexity index is 412. The Kier molecular flexibility index (Phi) is 20.1. The Morgan fingerprint density at radius 3 is 1.79 bits per heavy atom. The Hall–Kier alpha value is -1.52. The number of hydrogen-bond acceptors (Lipinski definition) is 4. The first kappa shape index (κ1) is 27.5. The second-order valence-corrected chi connectivity index (χ2v) is 7.78. The van der Waals surface area contributed by atoms with E-state index in [1.165, 1.54) is 76.7 Å². The van der Waals surface area contributed by atoms with Crippen LogP contribution in [0.25, 0.3) is 0 Å². The number of carbonyl (C=O) groups excluding carboxylic acids is 2. The van der Waals surface area contributed by atoms with Crippen LogP contribution in [0.4, 0.5) is 4.79 Å². The maximum absolute atomic E-state index is 12.1. The molecule has 1 unspecified atom stereocenters. The lowest BCUT2D eigenvalue weighted by molar-refractivity contribution is -0.146. The quantitative estimate of drug-likeness (QED) is 0.137. The number of nitrogens with one attached hydrogen (secondary N) is 1. The lowest BCUT2D eigenvalue weighted by Crippen LogP contribution is -2.42. The fraction of sp³-hybridized carbons (Fsp3) is 0.833. The molecule has 0 aromatic rings. The van der Waals surface area contributed by atoms with Crippen molar-refractivity contribution in [2.75, 3.05) is 13.2 Å². The van der Waals surface area contributed by atoms with Gasteiger partial charge in [0.15, 0.2) is 0 Å². The van der Waals surface area contributed by atoms with Crippen LogP contribution < -0.4 is 5.32 Å². The van der Waals surface area contributed by atoms with Crippen LogP contribution in [-0.2, 0) is 14.3 Å². The maximum atomic E-state index is 12.1. The molecular weight excluding hydrogens is 366 g/mol. The summed E-state index contributed by atoms with van der Waals surface area (Å²) in [7, 11) is 0. The molecule has 29 heavy (non-hydrogen) atoms. The van der Waals surface area contributed by atoms with Crippen molar-refractivity contribution < 1.29 is 19.1 Å². The SMILES string of the molecule is C=CCOC(=O)NC(CCC)C(=O)OCCCCCCCCCCCCCCC. The minimum Gasteiger partial charge on any atom is -0.464 e. The molecule has 0 rings (SSSR count). The average molecular weight is 412 g/mol. The summed E-state index contributed by atoms with van der Waals surface area (Å²) in [5, 5.41) is 2.57. The minimum absolute atomic E-state index is 0.124. The molecule has 0 aromatic carbocycles. The van der Waals surface area contributed by atoms with Gasteiger partial charge in [-0.25, -0.2) is 9.59 Å². The third-order valence-corrected chi connectivity index (χ3v) is 4.98. The number of amides is 1. The number of esters is 1. The lowest BCUT2D eigenvalue weighted by atomic mass is 10.0. The van der Waals surface area contributed by atoms with E-state index in [9.17, 15) is 9.59 Å². The Morgan fingerprint density at radius 1 is 0.793 bits per heavy atom. The highest BCUT2D eigenvalue weighted by Gasteiger charge is 2.21. The number of hydrogen-bond donors (Lipinski definition) is 1. The van der Waals surface area contributed by atoms with E-state index in [0.29, 0.717) is 13.0 Å². The Labute approximate surface area is 179 Å². The third-order valence-electron chi connectivity index (χ3n) is 4.98. The number of alkyl carbamates (subject to hydrolysis) is 1. The normalized spacial score (nSPS) is 11.7. The fourth-order valence-corrected chi connectivity index (χ4v) is 3.25. The lowest BCUT2D eigenvalue weighted by Gasteiger charge is -2.16. The molecule has 0 saturated heterocycles. The van der Waals surface area contributed by atoms with Crippen LogP contribution in [-0.4, -0.2) is 31.3 Å². The zero-order chi connectivity index (χ0) is 21.6. The van der Waals surface area contributed by atoms with Gasteiger partial charge >= 0.3 is 12.1 Å². The van der Waals surface area contributed by atoms with Crippen LogP contribution >= 0.6 is 0 Å². The number of carbonyl (C=O) groups is 2. The van der Waals surface area contributed by atoms with Gasteiger partial charge in [-0.1, -0.05) is 110 Å². The number of ether oxygens (including phenoxy) is 2. The maximum Gasteiger partial charge on any atom is 0.408 e. The first-order valence-corrected chi connectivity index (χ1v) is 11.9. The molecule has 0 aromatic heterocycles. The van der Waals surface area contributed by atoms with Crippen LogP contribution in [0.2, 0.25) is 0 Å². The van der Waals surface area contributed by atoms with E-state index in [0.717, 1.165) is 19.3 Å². The largest absolute Gasteiger partial charge is 0.464 e. The van der Waals surface area contributed by atoms with Crippen molar-refractivity contribution in [2.45, 2.75) is 116 Å². The summed E-state index contributed by atoms with van der Waals surface area (Å²) in [5.74, 6) is -0.374. The van der Waals surface area contributed by atoms with Gasteiger partial charge in [0, 0.05) is 0 Å². The van der Waals surface area contributed by atoms with E-state index >= 15 is 0 Å². The van der Waals surface area contributed by atoms with E-state index in [-0.39, 0.29) is 12.6 Å². The molecule has 0 fully saturated rings. The van der Waals surface area contributed by atoms with Gasteiger partial charge in [0.2, 0.25) is 0 Å². The molecule has 5 heteroatoms. The topological polar surface area (TPSA) is 64.6 Å². The highest BCUT2D eigenvalue weighted by molar-refractivity contribution is 5.81. The molecule has 1 atom stereocenters. The number of unbranched alkanes of at least 4 members (excludes halogenated alkanes) is 12. The predicted molar refractivity (Wildman–Crippen MR) is 120 cm³/mol. The van der Waals surface area contributed by atoms with Gasteiger partial charge in [0.05, 0.1) is 6.61 Å². The average Bonchev–Trinajstić information content (AvgIpc) is 2.72. The Morgan fingerprint density at radius 2 is 1.31 bits per heavy atom. The standard InChI is InChI=1S/C24H45NO4/c1-4-7-8-9-10-11-12-13-14-15-16-17-18-21-28-23(26)22(19-5-2)25-24(27)29-20-6-3/h6,22H,3-5,7-21H2,1-2H3,(H,25,27). The van der Waals surface area contributed by atoms with E-state index in [2.05, 4.69) is 18.8 Å². The molecule has 1 amide bonds. The van der Waals surface area contributed by atoms with E-state index in [4.69, 9.17) is 9.47 Å². The summed E-state index contributed by atoms with van der Waals surface area (Å²) in [6, 6.07) is -0.640. The van der Waals surface area contributed by atoms with Crippen molar-refractivity contribution in [2.24, 2.45) is 0 Å². The second kappa shape index (κ2) is 21.2. The zero-order valence-corrected chi connectivity index (χ0v) is 19.0. The number of rotatable bonds is 20.